The fraction of sp³-hybridized carbons (Fsp3) is 0.320. The molecule has 1 aliphatic rings. The second-order valence-electron chi connectivity index (χ2n) is 9.11. The van der Waals surface area contributed by atoms with Gasteiger partial charge >= 0.3 is 6.03 Å². The summed E-state index contributed by atoms with van der Waals surface area (Å²) in [5.41, 5.74) is 3.65. The van der Waals surface area contributed by atoms with Crippen LogP contribution in [0.15, 0.2) is 48.9 Å². The zero-order valence-electron chi connectivity index (χ0n) is 20.9. The molecule has 3 N–H and O–H groups in total. The molecular formula is C25H29FN10O. The van der Waals surface area contributed by atoms with E-state index in [1.807, 2.05) is 49.9 Å². The molecule has 1 saturated heterocycles. The van der Waals surface area contributed by atoms with Crippen molar-refractivity contribution in [1.29, 1.82) is 0 Å². The normalized spacial score (nSPS) is 14.5. The molecule has 5 heterocycles. The van der Waals surface area contributed by atoms with Crippen LogP contribution in [0.2, 0.25) is 0 Å². The van der Waals surface area contributed by atoms with Gasteiger partial charge in [-0.15, -0.1) is 0 Å². The molecule has 2 amide bonds. The van der Waals surface area contributed by atoms with E-state index in [4.69, 9.17) is 4.98 Å². The second kappa shape index (κ2) is 10.2. The topological polar surface area (TPSA) is 120 Å². The van der Waals surface area contributed by atoms with Crippen molar-refractivity contribution >= 4 is 23.4 Å². The highest BCUT2D eigenvalue weighted by atomic mass is 19.1. The molecule has 12 heteroatoms. The molecule has 4 aromatic heterocycles. The van der Waals surface area contributed by atoms with Gasteiger partial charge in [0, 0.05) is 61.6 Å². The summed E-state index contributed by atoms with van der Waals surface area (Å²) < 4.78 is 14.6. The molecule has 192 valence electrons. The van der Waals surface area contributed by atoms with Crippen LogP contribution in [0.1, 0.15) is 29.9 Å². The van der Waals surface area contributed by atoms with Gasteiger partial charge < -0.3 is 20.4 Å². The lowest BCUT2D eigenvalue weighted by atomic mass is 10.1. The van der Waals surface area contributed by atoms with Crippen molar-refractivity contribution in [3.05, 3.63) is 71.7 Å². The van der Waals surface area contributed by atoms with E-state index >= 15 is 0 Å². The number of aryl methyl sites for hydroxylation is 2. The van der Waals surface area contributed by atoms with Crippen LogP contribution in [0.4, 0.5) is 26.5 Å². The van der Waals surface area contributed by atoms with Gasteiger partial charge in [-0.3, -0.25) is 5.10 Å². The highest BCUT2D eigenvalue weighted by Crippen LogP contribution is 2.23. The lowest BCUT2D eigenvalue weighted by Crippen LogP contribution is -2.52. The number of carbonyl (C=O) groups excluding carboxylic acids is 1. The summed E-state index contributed by atoms with van der Waals surface area (Å²) in [6.07, 6.45) is 4.05. The average Bonchev–Trinajstić information content (AvgIpc) is 3.51. The molecule has 5 rings (SSSR count). The monoisotopic (exact) mass is 504 g/mol. The SMILES string of the molecule is Cc1cc(Nc2cc(C)[nH]n2)cc(N2CCN(C(=O)N[C@@H](C)c3ccc(-n4cc(F)cn4)nc3)CC2)n1. The predicted octanol–water partition coefficient (Wildman–Crippen LogP) is 3.48. The third kappa shape index (κ3) is 5.68. The second-order valence-corrected chi connectivity index (χ2v) is 9.11. The molecule has 0 unspecified atom stereocenters. The number of nitrogens with zero attached hydrogens (tertiary/aromatic N) is 7. The standard InChI is InChI=1S/C25H29FN10O/c1-16-10-21(31-22-11-17(2)32-33-22)12-24(29-16)34-6-8-35(9-7-34)25(37)30-18(3)19-4-5-23(27-13-19)36-15-20(26)14-28-36/h4-5,10-15,18H,6-9H2,1-3H3,(H,30,37)(H2,29,31,32,33)/t18-/m0/s1. The maximum Gasteiger partial charge on any atom is 0.317 e. The minimum Gasteiger partial charge on any atom is -0.353 e. The summed E-state index contributed by atoms with van der Waals surface area (Å²) in [6, 6.07) is 9.16. The molecule has 0 bridgehead atoms. The first-order chi connectivity index (χ1) is 17.8. The van der Waals surface area contributed by atoms with Gasteiger partial charge in [0.05, 0.1) is 18.4 Å². The number of rotatable bonds is 6. The number of amides is 2. The minimum atomic E-state index is -0.425. The summed E-state index contributed by atoms with van der Waals surface area (Å²) >= 11 is 0. The molecule has 0 aromatic carbocycles. The fourth-order valence-electron chi connectivity index (χ4n) is 4.23. The summed E-state index contributed by atoms with van der Waals surface area (Å²) in [5.74, 6) is 1.70. The number of urea groups is 1. The summed E-state index contributed by atoms with van der Waals surface area (Å²) in [5, 5.41) is 17.4. The number of hydrogen-bond donors (Lipinski definition) is 3. The Hall–Kier alpha value is -4.48. The molecule has 1 aliphatic heterocycles. The smallest absolute Gasteiger partial charge is 0.317 e. The minimum absolute atomic E-state index is 0.126. The number of aromatic nitrogens is 6. The van der Waals surface area contributed by atoms with E-state index in [1.165, 1.54) is 10.9 Å². The Morgan fingerprint density at radius 3 is 2.54 bits per heavy atom. The molecule has 0 radical (unpaired) electrons. The first-order valence-corrected chi connectivity index (χ1v) is 12.1. The van der Waals surface area contributed by atoms with Gasteiger partial charge in [0.25, 0.3) is 0 Å². The number of pyridine rings is 2. The fourth-order valence-corrected chi connectivity index (χ4v) is 4.23. The molecule has 1 atom stereocenters. The Kier molecular flexibility index (Phi) is 6.71. The van der Waals surface area contributed by atoms with E-state index < -0.39 is 5.82 Å². The van der Waals surface area contributed by atoms with Gasteiger partial charge in [0.2, 0.25) is 0 Å². The Morgan fingerprint density at radius 1 is 1.08 bits per heavy atom. The molecule has 37 heavy (non-hydrogen) atoms. The third-order valence-corrected chi connectivity index (χ3v) is 6.21. The maximum atomic E-state index is 13.2. The number of halogens is 1. The van der Waals surface area contributed by atoms with Crippen molar-refractivity contribution in [2.24, 2.45) is 0 Å². The van der Waals surface area contributed by atoms with Crippen LogP contribution in [-0.2, 0) is 0 Å². The number of H-pyrrole nitrogens is 1. The van der Waals surface area contributed by atoms with Crippen molar-refractivity contribution in [3.8, 4) is 5.82 Å². The molecule has 0 spiro atoms. The zero-order chi connectivity index (χ0) is 25.9. The average molecular weight is 505 g/mol. The van der Waals surface area contributed by atoms with Gasteiger partial charge in [0.15, 0.2) is 17.5 Å². The van der Waals surface area contributed by atoms with E-state index in [-0.39, 0.29) is 12.1 Å². The van der Waals surface area contributed by atoms with E-state index in [0.29, 0.717) is 32.0 Å². The summed E-state index contributed by atoms with van der Waals surface area (Å²) in [6.45, 7) is 8.34. The van der Waals surface area contributed by atoms with E-state index in [2.05, 4.69) is 35.8 Å². The Balaban J connectivity index is 1.16. The molecule has 0 saturated carbocycles. The zero-order valence-corrected chi connectivity index (χ0v) is 20.9. The Morgan fingerprint density at radius 2 is 1.89 bits per heavy atom. The van der Waals surface area contributed by atoms with Gasteiger partial charge in [0.1, 0.15) is 5.82 Å². The number of hydrogen-bond acceptors (Lipinski definition) is 7. The van der Waals surface area contributed by atoms with Crippen molar-refractivity contribution in [1.82, 2.24) is 40.2 Å². The van der Waals surface area contributed by atoms with Crippen LogP contribution in [0, 0.1) is 19.7 Å². The molecule has 11 nitrogen and oxygen atoms in total. The largest absolute Gasteiger partial charge is 0.353 e. The first-order valence-electron chi connectivity index (χ1n) is 12.1. The molecule has 0 aliphatic carbocycles. The van der Waals surface area contributed by atoms with E-state index in [0.717, 1.165) is 40.5 Å². The number of aromatic amines is 1. The van der Waals surface area contributed by atoms with Gasteiger partial charge in [-0.2, -0.15) is 10.2 Å². The van der Waals surface area contributed by atoms with Crippen LogP contribution >= 0.6 is 0 Å². The number of piperazine rings is 1. The lowest BCUT2D eigenvalue weighted by molar-refractivity contribution is 0.191. The van der Waals surface area contributed by atoms with Crippen molar-refractivity contribution in [2.75, 3.05) is 36.4 Å². The summed E-state index contributed by atoms with van der Waals surface area (Å²) in [7, 11) is 0. The predicted molar refractivity (Wildman–Crippen MR) is 138 cm³/mol. The Labute approximate surface area is 213 Å². The van der Waals surface area contributed by atoms with Crippen molar-refractivity contribution in [2.45, 2.75) is 26.8 Å². The third-order valence-electron chi connectivity index (χ3n) is 6.21. The van der Waals surface area contributed by atoms with Crippen molar-refractivity contribution in [3.63, 3.8) is 0 Å². The van der Waals surface area contributed by atoms with E-state index in [1.54, 1.807) is 12.3 Å². The van der Waals surface area contributed by atoms with E-state index in [9.17, 15) is 9.18 Å². The number of nitrogens with one attached hydrogen (secondary N) is 3. The number of anilines is 3. The van der Waals surface area contributed by atoms with Crippen LogP contribution in [0.3, 0.4) is 0 Å². The van der Waals surface area contributed by atoms with Crippen LogP contribution < -0.4 is 15.5 Å². The molecular weight excluding hydrogens is 475 g/mol. The highest BCUT2D eigenvalue weighted by Gasteiger charge is 2.23. The lowest BCUT2D eigenvalue weighted by Gasteiger charge is -2.36. The first kappa shape index (κ1) is 24.2. The molecule has 1 fully saturated rings. The number of carbonyl (C=O) groups is 1. The van der Waals surface area contributed by atoms with Gasteiger partial charge in [-0.1, -0.05) is 6.07 Å². The van der Waals surface area contributed by atoms with Crippen LogP contribution in [0.5, 0.6) is 0 Å². The van der Waals surface area contributed by atoms with Gasteiger partial charge in [-0.05, 0) is 38.5 Å². The Bertz CT molecular complexity index is 1370. The summed E-state index contributed by atoms with van der Waals surface area (Å²) in [4.78, 5) is 25.9. The van der Waals surface area contributed by atoms with Gasteiger partial charge in [-0.25, -0.2) is 23.8 Å². The van der Waals surface area contributed by atoms with Crippen LogP contribution in [-0.4, -0.2) is 67.1 Å². The highest BCUT2D eigenvalue weighted by molar-refractivity contribution is 5.75. The van der Waals surface area contributed by atoms with Crippen LogP contribution in [0.25, 0.3) is 5.82 Å². The molecule has 4 aromatic rings. The van der Waals surface area contributed by atoms with Crippen molar-refractivity contribution < 1.29 is 9.18 Å². The maximum absolute atomic E-state index is 13.2. The quantitative estimate of drug-likeness (QED) is 0.368.